The van der Waals surface area contributed by atoms with Gasteiger partial charge in [0.1, 0.15) is 12.4 Å². The number of carbonyl (C=O) groups excluding carboxylic acids is 1. The number of hydrogen-bond acceptors (Lipinski definition) is 4. The number of amides is 1. The van der Waals surface area contributed by atoms with Crippen LogP contribution in [0.2, 0.25) is 0 Å². The van der Waals surface area contributed by atoms with Crippen molar-refractivity contribution in [3.8, 4) is 0 Å². The zero-order chi connectivity index (χ0) is 14.7. The maximum Gasteiger partial charge on any atom is 0.325 e. The number of benzene rings is 1. The molecule has 1 aromatic heterocycles. The molecule has 0 unspecified atom stereocenters. The third kappa shape index (κ3) is 3.16. The number of nitrogens with one attached hydrogen (secondary N) is 1. The first kappa shape index (κ1) is 13.7. The summed E-state index contributed by atoms with van der Waals surface area (Å²) in [5.74, 6) is -1.82. The Hall–Kier alpha value is -2.77. The van der Waals surface area contributed by atoms with Crippen molar-refractivity contribution in [2.24, 2.45) is 0 Å². The van der Waals surface area contributed by atoms with Gasteiger partial charge in [-0.05, 0) is 30.7 Å². The van der Waals surface area contributed by atoms with Gasteiger partial charge >= 0.3 is 5.97 Å². The molecule has 1 heterocycles. The third-order valence-corrected chi connectivity index (χ3v) is 2.50. The van der Waals surface area contributed by atoms with E-state index in [1.807, 2.05) is 0 Å². The standard InChI is InChI=1S/C12H11FN4O3/c1-7-4-8(2-3-9(7)13)12(20)14-10-5-17(16-15-10)6-11(18)19/h2-5H,6H2,1H3,(H,14,20)(H,18,19). The van der Waals surface area contributed by atoms with Gasteiger partial charge in [-0.25, -0.2) is 9.07 Å². The lowest BCUT2D eigenvalue weighted by Gasteiger charge is -2.03. The van der Waals surface area contributed by atoms with E-state index in [0.717, 1.165) is 4.68 Å². The predicted octanol–water partition coefficient (Wildman–Crippen LogP) is 1.06. The Kier molecular flexibility index (Phi) is 3.74. The van der Waals surface area contributed by atoms with E-state index in [0.29, 0.717) is 5.56 Å². The summed E-state index contributed by atoms with van der Waals surface area (Å²) in [4.78, 5) is 22.4. The summed E-state index contributed by atoms with van der Waals surface area (Å²) < 4.78 is 14.2. The Bertz CT molecular complexity index is 668. The Morgan fingerprint density at radius 3 is 2.85 bits per heavy atom. The second-order valence-electron chi connectivity index (χ2n) is 4.11. The van der Waals surface area contributed by atoms with Gasteiger partial charge in [0.15, 0.2) is 5.82 Å². The van der Waals surface area contributed by atoms with Gasteiger partial charge in [-0.2, -0.15) is 0 Å². The molecule has 0 saturated heterocycles. The summed E-state index contributed by atoms with van der Waals surface area (Å²) in [6.07, 6.45) is 1.29. The van der Waals surface area contributed by atoms with E-state index >= 15 is 0 Å². The predicted molar refractivity (Wildman–Crippen MR) is 66.7 cm³/mol. The topological polar surface area (TPSA) is 97.1 Å². The molecule has 2 rings (SSSR count). The number of aryl methyl sites for hydroxylation is 1. The highest BCUT2D eigenvalue weighted by molar-refractivity contribution is 6.03. The summed E-state index contributed by atoms with van der Waals surface area (Å²) in [6, 6.07) is 3.96. The number of rotatable bonds is 4. The number of aromatic nitrogens is 3. The highest BCUT2D eigenvalue weighted by Gasteiger charge is 2.11. The number of carbonyl (C=O) groups is 2. The minimum absolute atomic E-state index is 0.123. The quantitative estimate of drug-likeness (QED) is 0.871. The molecule has 0 spiro atoms. The van der Waals surface area contributed by atoms with Crippen LogP contribution in [0.1, 0.15) is 15.9 Å². The third-order valence-electron chi connectivity index (χ3n) is 2.50. The number of aliphatic carboxylic acids is 1. The zero-order valence-corrected chi connectivity index (χ0v) is 10.5. The second kappa shape index (κ2) is 5.47. The zero-order valence-electron chi connectivity index (χ0n) is 10.5. The van der Waals surface area contributed by atoms with Crippen LogP contribution in [-0.2, 0) is 11.3 Å². The molecule has 0 saturated carbocycles. The molecule has 20 heavy (non-hydrogen) atoms. The van der Waals surface area contributed by atoms with Crippen LogP contribution >= 0.6 is 0 Å². The Labute approximate surface area is 113 Å². The normalized spacial score (nSPS) is 10.3. The SMILES string of the molecule is Cc1cc(C(=O)Nc2cn(CC(=O)O)nn2)ccc1F. The number of carboxylic acids is 1. The number of anilines is 1. The van der Waals surface area contributed by atoms with Crippen LogP contribution in [0.5, 0.6) is 0 Å². The number of halogens is 1. The van der Waals surface area contributed by atoms with Crippen LogP contribution in [0.15, 0.2) is 24.4 Å². The van der Waals surface area contributed by atoms with Crippen molar-refractivity contribution in [2.45, 2.75) is 13.5 Å². The van der Waals surface area contributed by atoms with Crippen molar-refractivity contribution in [3.63, 3.8) is 0 Å². The first-order valence-corrected chi connectivity index (χ1v) is 5.65. The van der Waals surface area contributed by atoms with Crippen molar-refractivity contribution in [1.82, 2.24) is 15.0 Å². The lowest BCUT2D eigenvalue weighted by atomic mass is 10.1. The van der Waals surface area contributed by atoms with Gasteiger partial charge in [-0.3, -0.25) is 9.59 Å². The minimum atomic E-state index is -1.07. The van der Waals surface area contributed by atoms with Gasteiger partial charge in [-0.1, -0.05) is 5.21 Å². The average molecular weight is 278 g/mol. The molecule has 1 aromatic carbocycles. The van der Waals surface area contributed by atoms with Crippen molar-refractivity contribution >= 4 is 17.7 Å². The Balaban J connectivity index is 2.09. The summed E-state index contributed by atoms with van der Waals surface area (Å²) in [7, 11) is 0. The van der Waals surface area contributed by atoms with E-state index in [-0.39, 0.29) is 17.9 Å². The fourth-order valence-corrected chi connectivity index (χ4v) is 1.55. The molecule has 0 atom stereocenters. The molecule has 2 N–H and O–H groups in total. The maximum absolute atomic E-state index is 13.1. The fraction of sp³-hybridized carbons (Fsp3) is 0.167. The maximum atomic E-state index is 13.1. The smallest absolute Gasteiger partial charge is 0.325 e. The average Bonchev–Trinajstić information content (AvgIpc) is 2.79. The largest absolute Gasteiger partial charge is 0.480 e. The van der Waals surface area contributed by atoms with Gasteiger partial charge in [0, 0.05) is 5.56 Å². The van der Waals surface area contributed by atoms with Crippen molar-refractivity contribution in [1.29, 1.82) is 0 Å². The van der Waals surface area contributed by atoms with Crippen LogP contribution in [-0.4, -0.2) is 32.0 Å². The van der Waals surface area contributed by atoms with Gasteiger partial charge in [0.25, 0.3) is 5.91 Å². The highest BCUT2D eigenvalue weighted by Crippen LogP contribution is 2.11. The molecule has 2 aromatic rings. The monoisotopic (exact) mass is 278 g/mol. The van der Waals surface area contributed by atoms with E-state index in [1.54, 1.807) is 6.92 Å². The molecule has 1 amide bonds. The summed E-state index contributed by atoms with van der Waals surface area (Å²) >= 11 is 0. The Morgan fingerprint density at radius 1 is 1.45 bits per heavy atom. The van der Waals surface area contributed by atoms with E-state index in [9.17, 15) is 14.0 Å². The molecule has 104 valence electrons. The van der Waals surface area contributed by atoms with Crippen molar-refractivity contribution in [3.05, 3.63) is 41.3 Å². The van der Waals surface area contributed by atoms with E-state index in [2.05, 4.69) is 15.6 Å². The molecule has 0 fully saturated rings. The van der Waals surface area contributed by atoms with Crippen LogP contribution in [0.25, 0.3) is 0 Å². The molecule has 0 aliphatic carbocycles. The summed E-state index contributed by atoms with van der Waals surface area (Å²) in [6.45, 7) is 1.20. The van der Waals surface area contributed by atoms with Crippen molar-refractivity contribution < 1.29 is 19.1 Å². The lowest BCUT2D eigenvalue weighted by molar-refractivity contribution is -0.137. The first-order valence-electron chi connectivity index (χ1n) is 5.65. The van der Waals surface area contributed by atoms with Crippen LogP contribution in [0.3, 0.4) is 0 Å². The molecular weight excluding hydrogens is 267 g/mol. The van der Waals surface area contributed by atoms with Gasteiger partial charge in [0.2, 0.25) is 0 Å². The van der Waals surface area contributed by atoms with Crippen LogP contribution < -0.4 is 5.32 Å². The number of nitrogens with zero attached hydrogens (tertiary/aromatic N) is 3. The second-order valence-corrected chi connectivity index (χ2v) is 4.11. The minimum Gasteiger partial charge on any atom is -0.480 e. The summed E-state index contributed by atoms with van der Waals surface area (Å²) in [5.41, 5.74) is 0.629. The molecule has 8 heteroatoms. The lowest BCUT2D eigenvalue weighted by Crippen LogP contribution is -2.12. The number of hydrogen-bond donors (Lipinski definition) is 2. The van der Waals surface area contributed by atoms with Crippen molar-refractivity contribution in [2.75, 3.05) is 5.32 Å². The molecule has 0 bridgehead atoms. The summed E-state index contributed by atoms with van der Waals surface area (Å²) in [5, 5.41) is 18.2. The number of carboxylic acid groups (broad SMARTS) is 1. The first-order chi connectivity index (χ1) is 9.45. The molecular formula is C12H11FN4O3. The molecule has 0 aliphatic rings. The van der Waals surface area contributed by atoms with Crippen LogP contribution in [0.4, 0.5) is 10.2 Å². The van der Waals surface area contributed by atoms with Gasteiger partial charge in [0.05, 0.1) is 6.20 Å². The van der Waals surface area contributed by atoms with E-state index < -0.39 is 17.7 Å². The Morgan fingerprint density at radius 2 is 2.20 bits per heavy atom. The fourth-order valence-electron chi connectivity index (χ4n) is 1.55. The van der Waals surface area contributed by atoms with Gasteiger partial charge < -0.3 is 10.4 Å². The van der Waals surface area contributed by atoms with E-state index in [1.165, 1.54) is 24.4 Å². The highest BCUT2D eigenvalue weighted by atomic mass is 19.1. The van der Waals surface area contributed by atoms with Crippen LogP contribution in [0, 0.1) is 12.7 Å². The molecule has 7 nitrogen and oxygen atoms in total. The van der Waals surface area contributed by atoms with Gasteiger partial charge in [-0.15, -0.1) is 5.10 Å². The molecule has 0 radical (unpaired) electrons. The molecule has 0 aliphatic heterocycles. The van der Waals surface area contributed by atoms with E-state index in [4.69, 9.17) is 5.11 Å².